The van der Waals surface area contributed by atoms with E-state index in [9.17, 15) is 9.90 Å². The van der Waals surface area contributed by atoms with E-state index in [0.29, 0.717) is 17.7 Å². The van der Waals surface area contributed by atoms with E-state index in [1.807, 2.05) is 0 Å². The van der Waals surface area contributed by atoms with Gasteiger partial charge in [-0.3, -0.25) is 4.79 Å². The fourth-order valence-electron chi connectivity index (χ4n) is 1.01. The Balaban J connectivity index is 2.50. The van der Waals surface area contributed by atoms with Crippen molar-refractivity contribution in [3.05, 3.63) is 23.8 Å². The first kappa shape index (κ1) is 12.5. The van der Waals surface area contributed by atoms with Crippen LogP contribution in [0.25, 0.3) is 0 Å². The summed E-state index contributed by atoms with van der Waals surface area (Å²) in [4.78, 5) is 10.6. The third kappa shape index (κ3) is 4.28. The summed E-state index contributed by atoms with van der Waals surface area (Å²) >= 11 is 1.24. The summed E-state index contributed by atoms with van der Waals surface area (Å²) in [6.07, 6.45) is 0.617. The van der Waals surface area contributed by atoms with Crippen molar-refractivity contribution in [1.82, 2.24) is 0 Å². The molecule has 4 heteroatoms. The molecule has 0 unspecified atom stereocenters. The zero-order chi connectivity index (χ0) is 12.0. The number of carbonyl (C=O) groups is 1. The van der Waals surface area contributed by atoms with Crippen LogP contribution in [0.1, 0.15) is 18.9 Å². The van der Waals surface area contributed by atoms with Gasteiger partial charge in [-0.25, -0.2) is 0 Å². The fraction of sp³-hybridized carbons (Fsp3) is 0.250. The van der Waals surface area contributed by atoms with Gasteiger partial charge < -0.3 is 10.2 Å². The van der Waals surface area contributed by atoms with Gasteiger partial charge in [-0.05, 0) is 18.2 Å². The first-order chi connectivity index (χ1) is 7.59. The molecule has 0 aliphatic rings. The summed E-state index contributed by atoms with van der Waals surface area (Å²) in [7, 11) is 0. The topological polar surface area (TPSA) is 57.5 Å². The predicted octanol–water partition coefficient (Wildman–Crippen LogP) is 2.12. The van der Waals surface area contributed by atoms with Crippen LogP contribution in [0, 0.1) is 11.8 Å². The number of benzene rings is 1. The second kappa shape index (κ2) is 6.09. The number of hydrogen-bond donors (Lipinski definition) is 2. The quantitative estimate of drug-likeness (QED) is 0.469. The third-order valence-electron chi connectivity index (χ3n) is 1.74. The maximum Gasteiger partial charge on any atom is 0.185 e. The van der Waals surface area contributed by atoms with Gasteiger partial charge in [0.25, 0.3) is 0 Å². The van der Waals surface area contributed by atoms with Gasteiger partial charge >= 0.3 is 0 Å². The van der Waals surface area contributed by atoms with Crippen molar-refractivity contribution in [2.24, 2.45) is 0 Å². The lowest BCUT2D eigenvalue weighted by Crippen LogP contribution is -1.84. The van der Waals surface area contributed by atoms with E-state index >= 15 is 0 Å². The summed E-state index contributed by atoms with van der Waals surface area (Å²) in [5, 5.41) is 18.4. The van der Waals surface area contributed by atoms with Crippen molar-refractivity contribution in [2.45, 2.75) is 13.3 Å². The average molecular weight is 236 g/mol. The van der Waals surface area contributed by atoms with Gasteiger partial charge in [0.15, 0.2) is 16.6 Å². The van der Waals surface area contributed by atoms with Gasteiger partial charge in [0, 0.05) is 24.7 Å². The van der Waals surface area contributed by atoms with Crippen LogP contribution < -0.4 is 0 Å². The Kier molecular flexibility index (Phi) is 4.74. The molecule has 0 saturated heterocycles. The van der Waals surface area contributed by atoms with Crippen LogP contribution in [0.15, 0.2) is 18.2 Å². The van der Waals surface area contributed by atoms with Crippen molar-refractivity contribution in [2.75, 3.05) is 5.75 Å². The van der Waals surface area contributed by atoms with Crippen LogP contribution in [-0.2, 0) is 4.79 Å². The van der Waals surface area contributed by atoms with Crippen LogP contribution in [-0.4, -0.2) is 21.1 Å². The minimum absolute atomic E-state index is 0.0871. The minimum atomic E-state index is -0.176. The number of phenols is 2. The molecule has 0 fully saturated rings. The third-order valence-corrected chi connectivity index (χ3v) is 2.56. The van der Waals surface area contributed by atoms with Crippen molar-refractivity contribution in [1.29, 1.82) is 0 Å². The van der Waals surface area contributed by atoms with Crippen LogP contribution in [0.3, 0.4) is 0 Å². The molecule has 84 valence electrons. The van der Waals surface area contributed by atoms with Gasteiger partial charge in [-0.2, -0.15) is 0 Å². The molecule has 2 N–H and O–H groups in total. The van der Waals surface area contributed by atoms with Crippen LogP contribution in [0.4, 0.5) is 0 Å². The highest BCUT2D eigenvalue weighted by atomic mass is 32.2. The Morgan fingerprint density at radius 2 is 2.12 bits per heavy atom. The van der Waals surface area contributed by atoms with Gasteiger partial charge in [0.2, 0.25) is 0 Å². The first-order valence-electron chi connectivity index (χ1n) is 4.74. The molecule has 16 heavy (non-hydrogen) atoms. The lowest BCUT2D eigenvalue weighted by Gasteiger charge is -1.96. The van der Waals surface area contributed by atoms with E-state index in [2.05, 4.69) is 11.8 Å². The molecule has 0 aliphatic carbocycles. The van der Waals surface area contributed by atoms with E-state index in [1.54, 1.807) is 6.07 Å². The molecule has 0 heterocycles. The van der Waals surface area contributed by atoms with Crippen LogP contribution >= 0.6 is 11.8 Å². The maximum absolute atomic E-state index is 10.6. The molecule has 0 bridgehead atoms. The lowest BCUT2D eigenvalue weighted by atomic mass is 10.2. The zero-order valence-electron chi connectivity index (χ0n) is 8.86. The molecule has 1 aromatic carbocycles. The van der Waals surface area contributed by atoms with Crippen molar-refractivity contribution in [3.63, 3.8) is 0 Å². The Hall–Kier alpha value is -1.60. The normalized spacial score (nSPS) is 9.31. The molecular weight excluding hydrogens is 224 g/mol. The van der Waals surface area contributed by atoms with Crippen LogP contribution in [0.2, 0.25) is 0 Å². The van der Waals surface area contributed by atoms with E-state index in [0.717, 1.165) is 0 Å². The Morgan fingerprint density at radius 3 is 2.75 bits per heavy atom. The van der Waals surface area contributed by atoms with Gasteiger partial charge in [-0.1, -0.05) is 23.6 Å². The Bertz CT molecular complexity index is 443. The Morgan fingerprint density at radius 1 is 1.38 bits per heavy atom. The van der Waals surface area contributed by atoms with E-state index in [1.165, 1.54) is 30.8 Å². The summed E-state index contributed by atoms with van der Waals surface area (Å²) in [5.41, 5.74) is 0.642. The van der Waals surface area contributed by atoms with Gasteiger partial charge in [0.1, 0.15) is 0 Å². The lowest BCUT2D eigenvalue weighted by molar-refractivity contribution is -0.109. The standard InChI is InChI=1S/C12H12O3S/c1-9(13)16-7-3-2-4-10-5-6-11(14)12(15)8-10/h5-6,8,14-15H,3,7H2,1H3. The van der Waals surface area contributed by atoms with E-state index < -0.39 is 0 Å². The second-order valence-electron chi connectivity index (χ2n) is 3.10. The highest BCUT2D eigenvalue weighted by Crippen LogP contribution is 2.24. The highest BCUT2D eigenvalue weighted by molar-refractivity contribution is 8.13. The van der Waals surface area contributed by atoms with E-state index in [-0.39, 0.29) is 16.6 Å². The minimum Gasteiger partial charge on any atom is -0.504 e. The van der Waals surface area contributed by atoms with Crippen LogP contribution in [0.5, 0.6) is 11.5 Å². The van der Waals surface area contributed by atoms with Crippen molar-refractivity contribution < 1.29 is 15.0 Å². The highest BCUT2D eigenvalue weighted by Gasteiger charge is 1.97. The molecule has 0 radical (unpaired) electrons. The van der Waals surface area contributed by atoms with E-state index in [4.69, 9.17) is 5.11 Å². The number of carbonyl (C=O) groups excluding carboxylic acids is 1. The number of rotatable bonds is 2. The van der Waals surface area contributed by atoms with Gasteiger partial charge in [0.05, 0.1) is 0 Å². The Labute approximate surface area is 98.5 Å². The average Bonchev–Trinajstić information content (AvgIpc) is 2.22. The molecule has 1 aromatic rings. The molecule has 0 amide bonds. The predicted molar refractivity (Wildman–Crippen MR) is 64.4 cm³/mol. The maximum atomic E-state index is 10.6. The summed E-state index contributed by atoms with van der Waals surface area (Å²) in [6.45, 7) is 1.52. The first-order valence-corrected chi connectivity index (χ1v) is 5.72. The summed E-state index contributed by atoms with van der Waals surface area (Å²) < 4.78 is 0. The molecular formula is C12H12O3S. The fourth-order valence-corrected chi connectivity index (χ4v) is 1.50. The molecule has 0 atom stereocenters. The van der Waals surface area contributed by atoms with Crippen molar-refractivity contribution >= 4 is 16.9 Å². The van der Waals surface area contributed by atoms with Gasteiger partial charge in [-0.15, -0.1) is 0 Å². The molecule has 3 nitrogen and oxygen atoms in total. The molecule has 0 aromatic heterocycles. The molecule has 0 aliphatic heterocycles. The smallest absolute Gasteiger partial charge is 0.185 e. The molecule has 0 saturated carbocycles. The second-order valence-corrected chi connectivity index (χ2v) is 4.37. The summed E-state index contributed by atoms with van der Waals surface area (Å²) in [5.74, 6) is 6.07. The number of aromatic hydroxyl groups is 2. The van der Waals surface area contributed by atoms with Crippen molar-refractivity contribution in [3.8, 4) is 23.3 Å². The summed E-state index contributed by atoms with van der Waals surface area (Å²) in [6, 6.07) is 4.42. The molecule has 0 spiro atoms. The number of hydrogen-bond acceptors (Lipinski definition) is 4. The largest absolute Gasteiger partial charge is 0.504 e. The SMILES string of the molecule is CC(=O)SCCC#Cc1ccc(O)c(O)c1. The molecule has 1 rings (SSSR count). The monoisotopic (exact) mass is 236 g/mol. The number of phenolic OH excluding ortho intramolecular Hbond substituents is 2. The zero-order valence-corrected chi connectivity index (χ0v) is 9.67. The number of thioether (sulfide) groups is 1.